The summed E-state index contributed by atoms with van der Waals surface area (Å²) in [5.41, 5.74) is 1.02. The van der Waals surface area contributed by atoms with Crippen LogP contribution in [-0.2, 0) is 21.4 Å². The van der Waals surface area contributed by atoms with Crippen LogP contribution in [0.25, 0.3) is 0 Å². The van der Waals surface area contributed by atoms with E-state index in [2.05, 4.69) is 0 Å². The zero-order chi connectivity index (χ0) is 20.3. The summed E-state index contributed by atoms with van der Waals surface area (Å²) in [5, 5.41) is 0. The van der Waals surface area contributed by atoms with Crippen LogP contribution in [0.2, 0.25) is 0 Å². The highest BCUT2D eigenvalue weighted by molar-refractivity contribution is 7.99. The summed E-state index contributed by atoms with van der Waals surface area (Å²) < 4.78 is 5.46. The molecular weight excluding hydrogens is 380 g/mol. The molecule has 0 spiro atoms. The third-order valence-electron chi connectivity index (χ3n) is 5.36. The summed E-state index contributed by atoms with van der Waals surface area (Å²) in [6.07, 6.45) is 1.07. The second-order valence-electron chi connectivity index (χ2n) is 7.02. The van der Waals surface area contributed by atoms with Crippen molar-refractivity contribution in [2.24, 2.45) is 0 Å². The molecule has 0 radical (unpaired) electrons. The van der Waals surface area contributed by atoms with Crippen LogP contribution in [-0.4, -0.2) is 18.4 Å². The lowest BCUT2D eigenvalue weighted by atomic mass is 9.66. The van der Waals surface area contributed by atoms with Gasteiger partial charge in [0.2, 0.25) is 0 Å². The number of aryl methyl sites for hydroxylation is 1. The van der Waals surface area contributed by atoms with Crippen LogP contribution < -0.4 is 0 Å². The maximum atomic E-state index is 13.7. The minimum atomic E-state index is -1.32. The summed E-state index contributed by atoms with van der Waals surface area (Å²) >= 11 is 1.57. The van der Waals surface area contributed by atoms with Gasteiger partial charge in [0, 0.05) is 15.4 Å². The van der Waals surface area contributed by atoms with E-state index < -0.39 is 11.4 Å². The minimum absolute atomic E-state index is 0.168. The van der Waals surface area contributed by atoms with Gasteiger partial charge in [-0.15, -0.1) is 0 Å². The van der Waals surface area contributed by atoms with Gasteiger partial charge in [0.05, 0.1) is 6.61 Å². The first-order valence-electron chi connectivity index (χ1n) is 9.79. The maximum Gasteiger partial charge on any atom is 0.324 e. The Labute approximate surface area is 175 Å². The van der Waals surface area contributed by atoms with E-state index in [1.807, 2.05) is 78.9 Å². The van der Waals surface area contributed by atoms with Crippen LogP contribution in [0.4, 0.5) is 0 Å². The third kappa shape index (κ3) is 3.49. The van der Waals surface area contributed by atoms with Crippen molar-refractivity contribution in [2.45, 2.75) is 35.0 Å². The van der Waals surface area contributed by atoms with Gasteiger partial charge in [0.15, 0.2) is 11.2 Å². The zero-order valence-corrected chi connectivity index (χ0v) is 17.1. The average Bonchev–Trinajstić information content (AvgIpc) is 2.76. The molecular formula is C25H22O3S. The van der Waals surface area contributed by atoms with E-state index >= 15 is 0 Å². The highest BCUT2D eigenvalue weighted by Crippen LogP contribution is 2.44. The van der Waals surface area contributed by atoms with E-state index in [1.165, 1.54) is 0 Å². The van der Waals surface area contributed by atoms with Crippen molar-refractivity contribution >= 4 is 23.5 Å². The molecule has 0 N–H and O–H groups in total. The van der Waals surface area contributed by atoms with Crippen molar-refractivity contribution in [1.82, 2.24) is 0 Å². The smallest absolute Gasteiger partial charge is 0.324 e. The highest BCUT2D eigenvalue weighted by Gasteiger charge is 2.52. The number of benzene rings is 3. The van der Waals surface area contributed by atoms with Crippen molar-refractivity contribution in [3.8, 4) is 0 Å². The van der Waals surface area contributed by atoms with E-state index in [9.17, 15) is 9.59 Å². The quantitative estimate of drug-likeness (QED) is 0.419. The molecule has 4 heteroatoms. The number of fused-ring (bicyclic) bond motifs is 1. The van der Waals surface area contributed by atoms with E-state index in [0.717, 1.165) is 20.9 Å². The molecule has 3 aromatic rings. The maximum absolute atomic E-state index is 13.7. The fourth-order valence-electron chi connectivity index (χ4n) is 3.97. The molecule has 0 aromatic heterocycles. The highest BCUT2D eigenvalue weighted by atomic mass is 32.2. The second-order valence-corrected chi connectivity index (χ2v) is 8.14. The van der Waals surface area contributed by atoms with E-state index in [0.29, 0.717) is 18.4 Å². The van der Waals surface area contributed by atoms with Gasteiger partial charge in [0.25, 0.3) is 0 Å². The van der Waals surface area contributed by atoms with Crippen LogP contribution in [0.3, 0.4) is 0 Å². The van der Waals surface area contributed by atoms with Crippen LogP contribution >= 0.6 is 11.8 Å². The molecule has 1 unspecified atom stereocenters. The van der Waals surface area contributed by atoms with Crippen molar-refractivity contribution in [2.75, 3.05) is 6.61 Å². The fourth-order valence-corrected chi connectivity index (χ4v) is 5.01. The zero-order valence-electron chi connectivity index (χ0n) is 16.3. The number of hydrogen-bond donors (Lipinski definition) is 0. The Morgan fingerprint density at radius 1 is 0.966 bits per heavy atom. The topological polar surface area (TPSA) is 43.4 Å². The standard InChI is InChI=1S/C25H22O3S/c1-2-28-24(27)25(17-16-18-10-6-7-13-20(18)23(25)26)21-14-8-9-15-22(21)29-19-11-4-3-5-12-19/h3-15H,2,16-17H2,1H3. The van der Waals surface area contributed by atoms with Gasteiger partial charge in [-0.1, -0.05) is 72.4 Å². The second kappa shape index (κ2) is 8.26. The van der Waals surface area contributed by atoms with Gasteiger partial charge >= 0.3 is 5.97 Å². The summed E-state index contributed by atoms with van der Waals surface area (Å²) in [5.74, 6) is -0.625. The van der Waals surface area contributed by atoms with E-state index in [4.69, 9.17) is 4.74 Å². The molecule has 3 aromatic carbocycles. The van der Waals surface area contributed by atoms with Gasteiger partial charge in [-0.25, -0.2) is 0 Å². The number of esters is 1. The van der Waals surface area contributed by atoms with Crippen LogP contribution in [0.5, 0.6) is 0 Å². The molecule has 4 rings (SSSR count). The lowest BCUT2D eigenvalue weighted by molar-refractivity contribution is -0.148. The predicted molar refractivity (Wildman–Crippen MR) is 114 cm³/mol. The molecule has 1 atom stereocenters. The number of Topliss-reactive ketones (excluding diaryl/α,β-unsaturated/α-hetero) is 1. The first-order valence-corrected chi connectivity index (χ1v) is 10.6. The van der Waals surface area contributed by atoms with Crippen molar-refractivity contribution in [1.29, 1.82) is 0 Å². The molecule has 0 amide bonds. The molecule has 0 saturated heterocycles. The Kier molecular flexibility index (Phi) is 5.54. The largest absolute Gasteiger partial charge is 0.465 e. The lowest BCUT2D eigenvalue weighted by Gasteiger charge is -2.36. The van der Waals surface area contributed by atoms with Gasteiger partial charge in [-0.2, -0.15) is 0 Å². The average molecular weight is 403 g/mol. The number of carbonyl (C=O) groups excluding carboxylic acids is 2. The van der Waals surface area contributed by atoms with Crippen molar-refractivity contribution in [3.63, 3.8) is 0 Å². The summed E-state index contributed by atoms with van der Waals surface area (Å²) in [7, 11) is 0. The molecule has 1 aliphatic rings. The molecule has 1 aliphatic carbocycles. The Hall–Kier alpha value is -2.85. The SMILES string of the molecule is CCOC(=O)C1(c2ccccc2Sc2ccccc2)CCc2ccccc2C1=O. The lowest BCUT2D eigenvalue weighted by Crippen LogP contribution is -2.48. The molecule has 0 heterocycles. The number of hydrogen-bond acceptors (Lipinski definition) is 4. The minimum Gasteiger partial charge on any atom is -0.465 e. The van der Waals surface area contributed by atoms with Crippen molar-refractivity contribution < 1.29 is 14.3 Å². The summed E-state index contributed by atoms with van der Waals surface area (Å²) in [6, 6.07) is 25.2. The summed E-state index contributed by atoms with van der Waals surface area (Å²) in [4.78, 5) is 29.0. The van der Waals surface area contributed by atoms with Gasteiger partial charge < -0.3 is 4.74 Å². The third-order valence-corrected chi connectivity index (χ3v) is 6.44. The molecule has 0 aliphatic heterocycles. The first kappa shape index (κ1) is 19.5. The van der Waals surface area contributed by atoms with Crippen molar-refractivity contribution in [3.05, 3.63) is 95.6 Å². The summed E-state index contributed by atoms with van der Waals surface area (Å²) in [6.45, 7) is 2.01. The van der Waals surface area contributed by atoms with E-state index in [1.54, 1.807) is 18.7 Å². The molecule has 146 valence electrons. The fraction of sp³-hybridized carbons (Fsp3) is 0.200. The van der Waals surface area contributed by atoms with Gasteiger partial charge in [0.1, 0.15) is 0 Å². The Balaban J connectivity index is 1.87. The first-order chi connectivity index (χ1) is 14.2. The normalized spacial score (nSPS) is 18.2. The predicted octanol–water partition coefficient (Wildman–Crippen LogP) is 5.47. The van der Waals surface area contributed by atoms with Gasteiger partial charge in [-0.3, -0.25) is 9.59 Å². The van der Waals surface area contributed by atoms with Crippen LogP contribution in [0.1, 0.15) is 34.8 Å². The Morgan fingerprint density at radius 2 is 1.66 bits per heavy atom. The monoisotopic (exact) mass is 402 g/mol. The molecule has 29 heavy (non-hydrogen) atoms. The number of ether oxygens (including phenoxy) is 1. The number of carbonyl (C=O) groups is 2. The molecule has 0 bridgehead atoms. The van der Waals surface area contributed by atoms with Crippen LogP contribution in [0.15, 0.2) is 88.7 Å². The molecule has 3 nitrogen and oxygen atoms in total. The number of ketones is 1. The Bertz CT molecular complexity index is 1040. The number of rotatable bonds is 5. The molecule has 0 saturated carbocycles. The van der Waals surface area contributed by atoms with E-state index in [-0.39, 0.29) is 12.4 Å². The van der Waals surface area contributed by atoms with Crippen LogP contribution in [0, 0.1) is 0 Å². The Morgan fingerprint density at radius 3 is 2.45 bits per heavy atom. The van der Waals surface area contributed by atoms with Gasteiger partial charge in [-0.05, 0) is 49.1 Å². The molecule has 0 fully saturated rings.